The topological polar surface area (TPSA) is 136 Å². The van der Waals surface area contributed by atoms with Crippen LogP contribution in [0.5, 0.6) is 0 Å². The first-order valence-electron chi connectivity index (χ1n) is 14.1. The van der Waals surface area contributed by atoms with Gasteiger partial charge in [0, 0.05) is 30.4 Å². The number of aromatic nitrogens is 2. The van der Waals surface area contributed by atoms with E-state index in [9.17, 15) is 9.59 Å². The molecule has 5 rings (SSSR count). The van der Waals surface area contributed by atoms with Crippen LogP contribution >= 0.6 is 24.2 Å². The van der Waals surface area contributed by atoms with E-state index in [1.165, 1.54) is 4.90 Å². The Morgan fingerprint density at radius 3 is 2.58 bits per heavy atom. The van der Waals surface area contributed by atoms with Crippen LogP contribution in [0.2, 0.25) is 5.02 Å². The lowest BCUT2D eigenvalue weighted by Crippen LogP contribution is -2.47. The molecule has 10 nitrogen and oxygen atoms in total. The van der Waals surface area contributed by atoms with Gasteiger partial charge in [0.25, 0.3) is 5.91 Å². The molecule has 1 saturated carbocycles. The number of thiol groups is 1. The van der Waals surface area contributed by atoms with Crippen LogP contribution in [0.4, 0.5) is 4.79 Å². The van der Waals surface area contributed by atoms with Crippen molar-refractivity contribution in [2.45, 2.75) is 57.7 Å². The Bertz CT molecular complexity index is 1550. The zero-order chi connectivity index (χ0) is 30.9. The fourth-order valence-electron chi connectivity index (χ4n) is 5.44. The van der Waals surface area contributed by atoms with E-state index in [1.807, 2.05) is 24.3 Å². The maximum absolute atomic E-state index is 14.7. The highest BCUT2D eigenvalue weighted by Crippen LogP contribution is 2.42. The van der Waals surface area contributed by atoms with Gasteiger partial charge in [0.2, 0.25) is 0 Å². The maximum atomic E-state index is 14.7. The molecule has 1 aliphatic heterocycles. The highest BCUT2D eigenvalue weighted by molar-refractivity contribution is 7.97. The summed E-state index contributed by atoms with van der Waals surface area (Å²) < 4.78 is 5.65. The number of halogens is 1. The third-order valence-corrected chi connectivity index (χ3v) is 8.34. The van der Waals surface area contributed by atoms with E-state index in [0.29, 0.717) is 27.6 Å². The summed E-state index contributed by atoms with van der Waals surface area (Å²) in [6.07, 6.45) is 5.21. The van der Waals surface area contributed by atoms with Crippen LogP contribution in [0.15, 0.2) is 59.9 Å². The third-order valence-electron chi connectivity index (χ3n) is 7.57. The highest BCUT2D eigenvalue weighted by Gasteiger charge is 2.54. The highest BCUT2D eigenvalue weighted by atomic mass is 35.5. The van der Waals surface area contributed by atoms with E-state index >= 15 is 0 Å². The SMILES string of the molecule is C/N=C(\S)c1cc([C@@H](COC(=O)NC2CC2)N2C(=N)N[C@](CC(C)(C)C)(c3ccc(-c4cn[nH]c4)cc3)C2=O)ccc1Cl. The Kier molecular flexibility index (Phi) is 8.58. The van der Waals surface area contributed by atoms with Gasteiger partial charge in [0.05, 0.1) is 22.3 Å². The smallest absolute Gasteiger partial charge is 0.407 e. The quantitative estimate of drug-likeness (QED) is 0.119. The van der Waals surface area contributed by atoms with Gasteiger partial charge in [-0.2, -0.15) is 5.10 Å². The number of aliphatic imine (C=N–C) groups is 1. The monoisotopic (exact) mass is 621 g/mol. The second-order valence-corrected chi connectivity index (χ2v) is 13.0. The zero-order valence-corrected chi connectivity index (χ0v) is 26.2. The lowest BCUT2D eigenvalue weighted by molar-refractivity contribution is -0.134. The van der Waals surface area contributed by atoms with Crippen LogP contribution in [0.1, 0.15) is 62.8 Å². The molecular weight excluding hydrogens is 586 g/mol. The zero-order valence-electron chi connectivity index (χ0n) is 24.6. The van der Waals surface area contributed by atoms with Crippen LogP contribution in [-0.2, 0) is 15.1 Å². The van der Waals surface area contributed by atoms with Crippen LogP contribution in [0.25, 0.3) is 11.1 Å². The number of carbonyl (C=O) groups is 2. The van der Waals surface area contributed by atoms with Gasteiger partial charge in [-0.1, -0.05) is 62.7 Å². The van der Waals surface area contributed by atoms with Gasteiger partial charge in [-0.3, -0.25) is 25.2 Å². The van der Waals surface area contributed by atoms with E-state index in [2.05, 4.69) is 59.2 Å². The molecule has 2 fully saturated rings. The van der Waals surface area contributed by atoms with E-state index < -0.39 is 17.7 Å². The van der Waals surface area contributed by atoms with Crippen LogP contribution in [-0.4, -0.2) is 57.8 Å². The number of nitrogens with zero attached hydrogens (tertiary/aromatic N) is 3. The number of nitrogens with one attached hydrogen (secondary N) is 4. The van der Waals surface area contributed by atoms with Gasteiger partial charge >= 0.3 is 6.09 Å². The largest absolute Gasteiger partial charge is 0.447 e. The molecule has 226 valence electrons. The lowest BCUT2D eigenvalue weighted by Gasteiger charge is -2.35. The maximum Gasteiger partial charge on any atom is 0.407 e. The van der Waals surface area contributed by atoms with E-state index in [4.69, 9.17) is 21.7 Å². The molecule has 0 radical (unpaired) electrons. The van der Waals surface area contributed by atoms with Crippen LogP contribution in [0.3, 0.4) is 0 Å². The van der Waals surface area contributed by atoms with Gasteiger partial charge in [-0.25, -0.2) is 4.79 Å². The molecule has 2 aromatic carbocycles. The van der Waals surface area contributed by atoms with E-state index in [-0.39, 0.29) is 29.9 Å². The summed E-state index contributed by atoms with van der Waals surface area (Å²) in [6, 6.07) is 12.2. The van der Waals surface area contributed by atoms with E-state index in [0.717, 1.165) is 29.5 Å². The number of aromatic amines is 1. The van der Waals surface area contributed by atoms with Gasteiger partial charge in [-0.15, -0.1) is 12.6 Å². The minimum absolute atomic E-state index is 0.0869. The third kappa shape index (κ3) is 6.57. The molecule has 1 aliphatic carbocycles. The fraction of sp³-hybridized carbons (Fsp3) is 0.387. The summed E-state index contributed by atoms with van der Waals surface area (Å²) in [4.78, 5) is 32.8. The van der Waals surface area contributed by atoms with Crippen molar-refractivity contribution >= 4 is 47.2 Å². The first-order chi connectivity index (χ1) is 20.4. The Labute approximate surface area is 261 Å². The predicted molar refractivity (Wildman–Crippen MR) is 171 cm³/mol. The molecule has 3 aromatic rings. The summed E-state index contributed by atoms with van der Waals surface area (Å²) in [7, 11) is 1.61. The summed E-state index contributed by atoms with van der Waals surface area (Å²) >= 11 is 10.9. The number of alkyl carbamates (subject to hydrolysis) is 1. The molecule has 0 spiro atoms. The van der Waals surface area contributed by atoms with Crippen molar-refractivity contribution in [3.63, 3.8) is 0 Å². The number of carbonyl (C=O) groups excluding carboxylic acids is 2. The van der Waals surface area contributed by atoms with Crippen molar-refractivity contribution in [1.82, 2.24) is 25.7 Å². The van der Waals surface area contributed by atoms with Gasteiger partial charge < -0.3 is 15.4 Å². The normalized spacial score (nSPS) is 19.8. The molecule has 43 heavy (non-hydrogen) atoms. The van der Waals surface area contributed by atoms with Crippen molar-refractivity contribution in [1.29, 1.82) is 5.41 Å². The molecule has 2 amide bonds. The minimum Gasteiger partial charge on any atom is -0.447 e. The molecule has 2 heterocycles. The molecule has 2 atom stereocenters. The number of rotatable bonds is 9. The molecule has 1 saturated heterocycles. The molecule has 0 bridgehead atoms. The first kappa shape index (κ1) is 30.6. The van der Waals surface area contributed by atoms with Crippen LogP contribution < -0.4 is 10.6 Å². The Hall–Kier alpha value is -3.83. The lowest BCUT2D eigenvalue weighted by atomic mass is 9.75. The van der Waals surface area contributed by atoms with Crippen molar-refractivity contribution in [3.8, 4) is 11.1 Å². The standard InChI is InChI=1S/C31H36ClN7O3S/c1-30(2,3)17-31(21-8-5-18(6-9-21)20-14-35-36-15-20)27(40)39(28(33)38-31)25(16-42-29(41)37-22-10-11-22)19-7-12-24(32)23(13-19)26(43)34-4/h5-9,12-15,22,25H,10-11,16-17H2,1-4H3,(H2,33,38)(H,34,43)(H,35,36)(H,37,41)/t25-,31-/m1/s1. The number of benzene rings is 2. The molecule has 0 unspecified atom stereocenters. The van der Waals surface area contributed by atoms with Crippen molar-refractivity contribution < 1.29 is 14.3 Å². The molecule has 4 N–H and O–H groups in total. The first-order valence-corrected chi connectivity index (χ1v) is 14.9. The molecule has 1 aromatic heterocycles. The number of amides is 2. The number of guanidine groups is 1. The number of hydrogen-bond acceptors (Lipinski definition) is 6. The Balaban J connectivity index is 1.55. The van der Waals surface area contributed by atoms with Gasteiger partial charge in [0.15, 0.2) is 5.96 Å². The number of ether oxygens (including phenoxy) is 1. The summed E-state index contributed by atoms with van der Waals surface area (Å²) in [5.74, 6) is -0.400. The average Bonchev–Trinajstić information content (AvgIpc) is 3.52. The van der Waals surface area contributed by atoms with Crippen molar-refractivity contribution in [3.05, 3.63) is 76.6 Å². The second kappa shape index (κ2) is 12.0. The van der Waals surface area contributed by atoms with Crippen molar-refractivity contribution in [2.75, 3.05) is 13.7 Å². The number of hydrogen-bond donors (Lipinski definition) is 5. The Morgan fingerprint density at radius 2 is 1.98 bits per heavy atom. The van der Waals surface area contributed by atoms with Gasteiger partial charge in [-0.05, 0) is 53.5 Å². The Morgan fingerprint density at radius 1 is 1.26 bits per heavy atom. The number of H-pyrrole nitrogens is 1. The summed E-state index contributed by atoms with van der Waals surface area (Å²) in [6.45, 7) is 6.00. The summed E-state index contributed by atoms with van der Waals surface area (Å²) in [5.41, 5.74) is 2.27. The van der Waals surface area contributed by atoms with Gasteiger partial charge in [0.1, 0.15) is 12.1 Å². The molecule has 2 aliphatic rings. The average molecular weight is 622 g/mol. The van der Waals surface area contributed by atoms with E-state index in [1.54, 1.807) is 37.6 Å². The van der Waals surface area contributed by atoms with Crippen LogP contribution in [0, 0.1) is 10.8 Å². The molecular formula is C31H36ClN7O3S. The second-order valence-electron chi connectivity index (χ2n) is 12.2. The summed E-state index contributed by atoms with van der Waals surface area (Å²) in [5, 5.41) is 22.8. The molecule has 12 heteroatoms. The van der Waals surface area contributed by atoms with Crippen molar-refractivity contribution in [2.24, 2.45) is 10.4 Å². The fourth-order valence-corrected chi connectivity index (χ4v) is 5.90. The minimum atomic E-state index is -1.23. The predicted octanol–water partition coefficient (Wildman–Crippen LogP) is 5.66.